The molecule has 0 fully saturated rings. The van der Waals surface area contributed by atoms with Gasteiger partial charge < -0.3 is 19.7 Å². The maximum absolute atomic E-state index is 15.0. The molecule has 0 spiro atoms. The van der Waals surface area contributed by atoms with Gasteiger partial charge in [-0.2, -0.15) is 5.10 Å². The van der Waals surface area contributed by atoms with Crippen molar-refractivity contribution < 1.29 is 9.13 Å². The van der Waals surface area contributed by atoms with Crippen molar-refractivity contribution in [1.29, 1.82) is 0 Å². The number of aryl methyl sites for hydroxylation is 1. The Morgan fingerprint density at radius 2 is 2.00 bits per heavy atom. The monoisotopic (exact) mass is 496 g/mol. The third-order valence-electron chi connectivity index (χ3n) is 5.02. The highest BCUT2D eigenvalue weighted by Crippen LogP contribution is 2.30. The van der Waals surface area contributed by atoms with Crippen LogP contribution in [0.3, 0.4) is 0 Å². The van der Waals surface area contributed by atoms with Gasteiger partial charge in [-0.25, -0.2) is 19.3 Å². The number of hydrogen-bond donors (Lipinski definition) is 3. The number of H-pyrrole nitrogens is 1. The average Bonchev–Trinajstić information content (AvgIpc) is 3.18. The van der Waals surface area contributed by atoms with E-state index in [0.29, 0.717) is 45.9 Å². The van der Waals surface area contributed by atoms with Gasteiger partial charge in [0.15, 0.2) is 11.5 Å². The van der Waals surface area contributed by atoms with E-state index in [9.17, 15) is 4.39 Å². The maximum Gasteiger partial charge on any atom is 0.186 e. The third-order valence-corrected chi connectivity index (χ3v) is 5.77. The minimum absolute atomic E-state index is 0.0590. The molecule has 184 valence electrons. The molecule has 3 N–H and O–H groups in total. The molecule has 0 saturated heterocycles. The second-order valence-corrected chi connectivity index (χ2v) is 9.39. The summed E-state index contributed by atoms with van der Waals surface area (Å²) in [6.07, 6.45) is 1.72. The van der Waals surface area contributed by atoms with Gasteiger partial charge in [0, 0.05) is 48.6 Å². The predicted octanol–water partition coefficient (Wildman–Crippen LogP) is 4.74. The van der Waals surface area contributed by atoms with E-state index < -0.39 is 5.82 Å². The minimum Gasteiger partial charge on any atom is -0.491 e. The summed E-state index contributed by atoms with van der Waals surface area (Å²) in [4.78, 5) is 15.6. The lowest BCUT2D eigenvalue weighted by molar-refractivity contribution is 0.241. The number of hydrogen-bond acceptors (Lipinski definition) is 9. The topological polar surface area (TPSA) is 104 Å². The van der Waals surface area contributed by atoms with Crippen molar-refractivity contribution in [2.75, 3.05) is 37.2 Å². The Hall–Kier alpha value is -3.44. The highest BCUT2D eigenvalue weighted by molar-refractivity contribution is 8.00. The van der Waals surface area contributed by atoms with E-state index in [4.69, 9.17) is 4.74 Å². The van der Waals surface area contributed by atoms with Crippen molar-refractivity contribution in [1.82, 2.24) is 30.0 Å². The largest absolute Gasteiger partial charge is 0.491 e. The number of ether oxygens (including phenoxy) is 1. The lowest BCUT2D eigenvalue weighted by Gasteiger charge is -2.13. The van der Waals surface area contributed by atoms with E-state index in [0.717, 1.165) is 17.6 Å². The van der Waals surface area contributed by atoms with Crippen molar-refractivity contribution in [3.05, 3.63) is 48.0 Å². The smallest absolute Gasteiger partial charge is 0.186 e. The molecule has 0 saturated carbocycles. The number of nitrogens with zero attached hydrogens (tertiary/aromatic N) is 5. The molecule has 0 unspecified atom stereocenters. The summed E-state index contributed by atoms with van der Waals surface area (Å²) in [5, 5.41) is 12.1. The number of likely N-dealkylation sites (N-methyl/N-ethyl adjacent to an activating group) is 1. The van der Waals surface area contributed by atoms with Crippen LogP contribution >= 0.6 is 11.9 Å². The molecule has 0 radical (unpaired) electrons. The summed E-state index contributed by atoms with van der Waals surface area (Å²) in [6, 6.07) is 8.46. The number of fused-ring (bicyclic) bond motifs is 1. The Morgan fingerprint density at radius 3 is 2.74 bits per heavy atom. The molecule has 35 heavy (non-hydrogen) atoms. The lowest BCUT2D eigenvalue weighted by Crippen LogP contribution is -2.21. The van der Waals surface area contributed by atoms with Crippen LogP contribution in [0.25, 0.3) is 22.4 Å². The van der Waals surface area contributed by atoms with Crippen LogP contribution < -0.4 is 14.8 Å². The van der Waals surface area contributed by atoms with Crippen LogP contribution in [0.4, 0.5) is 15.9 Å². The summed E-state index contributed by atoms with van der Waals surface area (Å²) in [7, 11) is 4.02. The number of nitrogens with one attached hydrogen (secondary N) is 3. The first-order valence-electron chi connectivity index (χ1n) is 11.3. The van der Waals surface area contributed by atoms with Crippen molar-refractivity contribution in [2.24, 2.45) is 0 Å². The first kappa shape index (κ1) is 24.7. The van der Waals surface area contributed by atoms with Crippen LogP contribution in [0, 0.1) is 12.7 Å². The molecule has 9 nitrogen and oxygen atoms in total. The number of benzene rings is 1. The molecule has 11 heteroatoms. The predicted molar refractivity (Wildman–Crippen MR) is 138 cm³/mol. The number of halogens is 1. The van der Waals surface area contributed by atoms with Crippen LogP contribution in [-0.2, 0) is 0 Å². The summed E-state index contributed by atoms with van der Waals surface area (Å²) in [5.41, 5.74) is 2.30. The first-order chi connectivity index (χ1) is 16.8. The molecule has 0 aliphatic heterocycles. The summed E-state index contributed by atoms with van der Waals surface area (Å²) < 4.78 is 23.7. The molecular formula is C24H29FN8OS. The van der Waals surface area contributed by atoms with Crippen LogP contribution in [0.5, 0.6) is 5.75 Å². The van der Waals surface area contributed by atoms with Gasteiger partial charge in [-0.05, 0) is 59.1 Å². The molecule has 1 aromatic carbocycles. The van der Waals surface area contributed by atoms with Gasteiger partial charge in [-0.3, -0.25) is 5.10 Å². The fraction of sp³-hybridized carbons (Fsp3) is 0.333. The Morgan fingerprint density at radius 1 is 1.17 bits per heavy atom. The molecule has 0 aliphatic carbocycles. The standard InChI is InChI=1S/C24H29FN8OS/c1-14(2)34-17-8-9-26-20(13-17)35-32-19-7-6-16(12-18(19)25)22-28-23(27-10-11-33(4)5)21-15(3)30-31-24(21)29-22/h6-9,12-14,32H,10-11H2,1-5H3,(H2,27,28,29,30,31). The molecule has 3 heterocycles. The van der Waals surface area contributed by atoms with Crippen LogP contribution in [0.2, 0.25) is 0 Å². The van der Waals surface area contributed by atoms with E-state index in [1.165, 1.54) is 18.0 Å². The number of rotatable bonds is 10. The molecule has 0 amide bonds. The van der Waals surface area contributed by atoms with Gasteiger partial charge in [0.05, 0.1) is 17.2 Å². The van der Waals surface area contributed by atoms with Crippen molar-refractivity contribution in [3.63, 3.8) is 0 Å². The Labute approximate surface area is 208 Å². The number of aromatic amines is 1. The van der Waals surface area contributed by atoms with Crippen molar-refractivity contribution >= 4 is 34.5 Å². The summed E-state index contributed by atoms with van der Waals surface area (Å²) >= 11 is 1.21. The zero-order valence-electron chi connectivity index (χ0n) is 20.4. The average molecular weight is 497 g/mol. The van der Waals surface area contributed by atoms with Crippen LogP contribution in [-0.4, -0.2) is 63.3 Å². The zero-order chi connectivity index (χ0) is 24.9. The highest BCUT2D eigenvalue weighted by atomic mass is 32.2. The van der Waals surface area contributed by atoms with E-state index in [1.54, 1.807) is 24.4 Å². The normalized spacial score (nSPS) is 11.4. The number of anilines is 2. The second-order valence-electron chi connectivity index (χ2n) is 8.57. The fourth-order valence-corrected chi connectivity index (χ4v) is 4.03. The molecule has 0 bridgehead atoms. The number of aromatic nitrogens is 5. The zero-order valence-corrected chi connectivity index (χ0v) is 21.2. The molecule has 0 aliphatic rings. The lowest BCUT2D eigenvalue weighted by atomic mass is 10.2. The Bertz CT molecular complexity index is 1310. The molecule has 4 aromatic rings. The second kappa shape index (κ2) is 10.9. The number of pyridine rings is 1. The quantitative estimate of drug-likeness (QED) is 0.269. The van der Waals surface area contributed by atoms with Gasteiger partial charge >= 0.3 is 0 Å². The van der Waals surface area contributed by atoms with E-state index in [1.807, 2.05) is 40.9 Å². The molecule has 4 rings (SSSR count). The van der Waals surface area contributed by atoms with E-state index in [2.05, 4.69) is 40.1 Å². The molecule has 0 atom stereocenters. The highest BCUT2D eigenvalue weighted by Gasteiger charge is 2.15. The third kappa shape index (κ3) is 6.17. The summed E-state index contributed by atoms with van der Waals surface area (Å²) in [5.74, 6) is 1.36. The minimum atomic E-state index is -0.423. The van der Waals surface area contributed by atoms with E-state index >= 15 is 0 Å². The van der Waals surface area contributed by atoms with Crippen LogP contribution in [0.15, 0.2) is 41.6 Å². The van der Waals surface area contributed by atoms with Gasteiger partial charge in [-0.1, -0.05) is 0 Å². The van der Waals surface area contributed by atoms with Gasteiger partial charge in [-0.15, -0.1) is 0 Å². The van der Waals surface area contributed by atoms with Crippen molar-refractivity contribution in [3.8, 4) is 17.1 Å². The van der Waals surface area contributed by atoms with Gasteiger partial charge in [0.2, 0.25) is 0 Å². The Balaban J connectivity index is 1.53. The van der Waals surface area contributed by atoms with Gasteiger partial charge in [0.25, 0.3) is 0 Å². The fourth-order valence-electron chi connectivity index (χ4n) is 3.36. The first-order valence-corrected chi connectivity index (χ1v) is 12.1. The van der Waals surface area contributed by atoms with Gasteiger partial charge in [0.1, 0.15) is 22.4 Å². The summed E-state index contributed by atoms with van der Waals surface area (Å²) in [6.45, 7) is 7.38. The Kier molecular flexibility index (Phi) is 7.67. The van der Waals surface area contributed by atoms with E-state index in [-0.39, 0.29) is 6.10 Å². The van der Waals surface area contributed by atoms with Crippen molar-refractivity contribution in [2.45, 2.75) is 31.9 Å². The molecular weight excluding hydrogens is 467 g/mol. The van der Waals surface area contributed by atoms with Crippen LogP contribution in [0.1, 0.15) is 19.5 Å². The maximum atomic E-state index is 15.0. The molecule has 3 aromatic heterocycles. The SMILES string of the molecule is Cc1[nH]nc2nc(-c3ccc(NSc4cc(OC(C)C)ccn4)c(F)c3)nc(NCCN(C)C)c12.